The van der Waals surface area contributed by atoms with Crippen LogP contribution in [0.15, 0.2) is 121 Å². The maximum absolute atomic E-state index is 13.9. The molecule has 4 aromatic carbocycles. The summed E-state index contributed by atoms with van der Waals surface area (Å²) in [6.45, 7) is 7.64. The zero-order chi connectivity index (χ0) is 57.3. The Balaban J connectivity index is 1.12. The molecule has 3 aliphatic rings. The first-order valence-electron chi connectivity index (χ1n) is 29.4. The molecule has 0 N–H and O–H groups in total. The van der Waals surface area contributed by atoms with E-state index in [1.54, 1.807) is 123 Å². The number of methoxy groups -OCH3 is 1. The van der Waals surface area contributed by atoms with Crippen molar-refractivity contribution >= 4 is 29.8 Å². The topological polar surface area (TPSA) is 187 Å². The fourth-order valence-corrected chi connectivity index (χ4v) is 10.4. The average molecular weight is 1120 g/mol. The van der Waals surface area contributed by atoms with Crippen LogP contribution < -0.4 is 0 Å². The Bertz CT molecular complexity index is 2500. The Morgan fingerprint density at radius 2 is 0.753 bits per heavy atom. The molecule has 0 unspecified atom stereocenters. The van der Waals surface area contributed by atoms with Crippen molar-refractivity contribution in [2.45, 2.75) is 223 Å². The van der Waals surface area contributed by atoms with Gasteiger partial charge in [0.25, 0.3) is 0 Å². The summed E-state index contributed by atoms with van der Waals surface area (Å²) in [7, 11) is 1.42. The Hall–Kier alpha value is -6.01. The highest BCUT2D eigenvalue weighted by Gasteiger charge is 2.49. The van der Waals surface area contributed by atoms with Crippen LogP contribution in [0.5, 0.6) is 0 Å². The van der Waals surface area contributed by atoms with Crippen molar-refractivity contribution < 1.29 is 76.1 Å². The van der Waals surface area contributed by atoms with Crippen molar-refractivity contribution in [3.8, 4) is 0 Å². The average Bonchev–Trinajstić information content (AvgIpc) is 3.52. The lowest BCUT2D eigenvalue weighted by Gasteiger charge is -2.46. The van der Waals surface area contributed by atoms with Gasteiger partial charge in [-0.25, -0.2) is 19.2 Å². The minimum atomic E-state index is -1.18. The van der Waals surface area contributed by atoms with Crippen LogP contribution in [0.3, 0.4) is 0 Å². The van der Waals surface area contributed by atoms with Gasteiger partial charge in [-0.15, -0.1) is 0 Å². The molecule has 0 amide bonds. The van der Waals surface area contributed by atoms with Gasteiger partial charge < -0.3 is 52.1 Å². The van der Waals surface area contributed by atoms with Crippen LogP contribution >= 0.6 is 0 Å². The van der Waals surface area contributed by atoms with E-state index in [4.69, 9.17) is 52.1 Å². The zero-order valence-electron chi connectivity index (χ0n) is 47.8. The molecular formula is C65H84O16. The standard InChI is InChI=1S/C65H84O16/c1-6-7-8-27-38-51(39-28-13-11-9-10-12-14-29-40-58(66)71-5)75-63-57(81-65-56(79-62(70)50-36-25-18-26-37-50)42-53(45(3)74-65)77-60(68)48-32-21-16-22-33-48)43-54(46(4)72-63)80-64-55(78-61(69)49-34-23-17-24-35-49)41-52(44(2)73-64)76-59(67)47-30-19-15-20-31-47/h15-26,30-37,44-46,51-57,63-65H,6-14,27-29,38-43H2,1-5H3/t44-,45-,46-,51+,52+,53+,54+,55+,56+,57+,63-,64-,65-/m0/s1. The second-order valence-electron chi connectivity index (χ2n) is 21.5. The van der Waals surface area contributed by atoms with Crippen LogP contribution in [0.1, 0.15) is 185 Å². The summed E-state index contributed by atoms with van der Waals surface area (Å²) in [4.78, 5) is 66.0. The van der Waals surface area contributed by atoms with E-state index in [1.165, 1.54) is 7.11 Å². The second kappa shape index (κ2) is 33.2. The number of esters is 5. The number of carbonyl (C=O) groups excluding carboxylic acids is 5. The van der Waals surface area contributed by atoms with Crippen molar-refractivity contribution in [3.05, 3.63) is 144 Å². The van der Waals surface area contributed by atoms with E-state index in [0.29, 0.717) is 28.7 Å². The number of ether oxygens (including phenoxy) is 11. The van der Waals surface area contributed by atoms with Crippen molar-refractivity contribution in [3.63, 3.8) is 0 Å². The fourth-order valence-electron chi connectivity index (χ4n) is 10.4. The molecule has 440 valence electrons. The highest BCUT2D eigenvalue weighted by Crippen LogP contribution is 2.37. The van der Waals surface area contributed by atoms with Crippen LogP contribution in [-0.4, -0.2) is 117 Å². The monoisotopic (exact) mass is 1120 g/mol. The second-order valence-corrected chi connectivity index (χ2v) is 21.5. The first-order valence-corrected chi connectivity index (χ1v) is 29.4. The molecule has 3 fully saturated rings. The molecule has 13 atom stereocenters. The molecule has 0 saturated carbocycles. The van der Waals surface area contributed by atoms with Gasteiger partial charge in [0.15, 0.2) is 31.1 Å². The van der Waals surface area contributed by atoms with E-state index >= 15 is 0 Å². The number of unbranched alkanes of at least 4 members (excludes halogenated alkanes) is 10. The predicted octanol–water partition coefficient (Wildman–Crippen LogP) is 12.5. The largest absolute Gasteiger partial charge is 0.469 e. The molecule has 3 aliphatic heterocycles. The van der Waals surface area contributed by atoms with Crippen LogP contribution in [0.25, 0.3) is 0 Å². The Kier molecular flexibility index (Phi) is 25.6. The molecule has 0 aromatic heterocycles. The Labute approximate surface area is 478 Å². The maximum atomic E-state index is 13.9. The molecule has 16 heteroatoms. The van der Waals surface area contributed by atoms with Crippen LogP contribution in [0, 0.1) is 0 Å². The Morgan fingerprint density at radius 1 is 0.420 bits per heavy atom. The summed E-state index contributed by atoms with van der Waals surface area (Å²) in [6, 6.07) is 34.5. The highest BCUT2D eigenvalue weighted by molar-refractivity contribution is 5.91. The molecule has 16 nitrogen and oxygen atoms in total. The van der Waals surface area contributed by atoms with Crippen molar-refractivity contribution in [1.82, 2.24) is 0 Å². The molecular weight excluding hydrogens is 1040 g/mol. The van der Waals surface area contributed by atoms with Gasteiger partial charge >= 0.3 is 29.8 Å². The summed E-state index contributed by atoms with van der Waals surface area (Å²) in [5.41, 5.74) is 1.38. The molecule has 0 bridgehead atoms. The fraction of sp³-hybridized carbons (Fsp3) is 0.554. The van der Waals surface area contributed by atoms with Crippen LogP contribution in [0.4, 0.5) is 0 Å². The molecule has 81 heavy (non-hydrogen) atoms. The van der Waals surface area contributed by atoms with E-state index in [2.05, 4.69) is 6.92 Å². The van der Waals surface area contributed by atoms with E-state index in [1.807, 2.05) is 19.1 Å². The minimum Gasteiger partial charge on any atom is -0.469 e. The summed E-state index contributed by atoms with van der Waals surface area (Å²) in [6.07, 6.45) is 4.08. The van der Waals surface area contributed by atoms with Gasteiger partial charge in [0, 0.05) is 25.7 Å². The third-order valence-corrected chi connectivity index (χ3v) is 15.2. The first kappa shape index (κ1) is 62.6. The predicted molar refractivity (Wildman–Crippen MR) is 301 cm³/mol. The smallest absolute Gasteiger partial charge is 0.338 e. The van der Waals surface area contributed by atoms with E-state index in [9.17, 15) is 24.0 Å². The van der Waals surface area contributed by atoms with Gasteiger partial charge in [0.2, 0.25) is 0 Å². The number of carbonyl (C=O) groups is 5. The third-order valence-electron chi connectivity index (χ3n) is 15.2. The summed E-state index contributed by atoms with van der Waals surface area (Å²) in [5, 5.41) is 0. The van der Waals surface area contributed by atoms with E-state index in [0.717, 1.165) is 89.9 Å². The van der Waals surface area contributed by atoms with Gasteiger partial charge in [-0.2, -0.15) is 0 Å². The molecule has 0 aliphatic carbocycles. The van der Waals surface area contributed by atoms with E-state index < -0.39 is 97.7 Å². The van der Waals surface area contributed by atoms with Gasteiger partial charge in [0.1, 0.15) is 18.3 Å². The highest BCUT2D eigenvalue weighted by atomic mass is 16.8. The molecule has 3 heterocycles. The van der Waals surface area contributed by atoms with Crippen LogP contribution in [-0.2, 0) is 56.9 Å². The molecule has 3 saturated heterocycles. The maximum Gasteiger partial charge on any atom is 0.338 e. The molecule has 0 spiro atoms. The minimum absolute atomic E-state index is 0.0598. The third kappa shape index (κ3) is 19.8. The Morgan fingerprint density at radius 3 is 1.16 bits per heavy atom. The van der Waals surface area contributed by atoms with Gasteiger partial charge in [-0.1, -0.05) is 150 Å². The van der Waals surface area contributed by atoms with E-state index in [-0.39, 0.29) is 31.3 Å². The quantitative estimate of drug-likeness (QED) is 0.0272. The number of benzene rings is 4. The number of hydrogen-bond donors (Lipinski definition) is 0. The summed E-state index contributed by atoms with van der Waals surface area (Å²) < 4.78 is 70.2. The lowest BCUT2D eigenvalue weighted by molar-refractivity contribution is -0.354. The molecule has 4 aromatic rings. The lowest BCUT2D eigenvalue weighted by Crippen LogP contribution is -2.57. The lowest BCUT2D eigenvalue weighted by atomic mass is 9.99. The molecule has 7 rings (SSSR count). The van der Waals surface area contributed by atoms with Gasteiger partial charge in [-0.05, 0) is 88.6 Å². The summed E-state index contributed by atoms with van der Waals surface area (Å²) in [5.74, 6) is -2.46. The molecule has 0 radical (unpaired) electrons. The normalized spacial score (nSPS) is 25.9. The van der Waals surface area contributed by atoms with Gasteiger partial charge in [-0.3, -0.25) is 4.79 Å². The first-order chi connectivity index (χ1) is 39.4. The van der Waals surface area contributed by atoms with Crippen LogP contribution in [0.2, 0.25) is 0 Å². The number of hydrogen-bond acceptors (Lipinski definition) is 16. The van der Waals surface area contributed by atoms with Crippen molar-refractivity contribution in [2.75, 3.05) is 7.11 Å². The number of rotatable bonds is 30. The zero-order valence-corrected chi connectivity index (χ0v) is 47.8. The van der Waals surface area contributed by atoms with Crippen molar-refractivity contribution in [1.29, 1.82) is 0 Å². The van der Waals surface area contributed by atoms with Gasteiger partial charge in [0.05, 0.1) is 59.9 Å². The SMILES string of the molecule is CCCCCC[C@H](CCCCCCCCCCC(=O)OC)O[C@@H]1O[C@@H](C)[C@H](O[C@@H]2O[C@@H](C)[C@H](OC(=O)c3ccccc3)C[C@H]2OC(=O)c2ccccc2)C[C@H]1O[C@@H]1O[C@@H](C)[C@H](OC(=O)c2ccccc2)C[C@H]1OC(=O)c1ccccc1. The van der Waals surface area contributed by atoms with Crippen molar-refractivity contribution in [2.24, 2.45) is 0 Å². The summed E-state index contributed by atoms with van der Waals surface area (Å²) >= 11 is 0.